The summed E-state index contributed by atoms with van der Waals surface area (Å²) in [6.45, 7) is 4.16. The molecule has 0 saturated carbocycles. The minimum absolute atomic E-state index is 0.359. The first-order chi connectivity index (χ1) is 8.84. The largest absolute Gasteiger partial charge is 0.330 e. The zero-order valence-electron chi connectivity index (χ0n) is 11.6. The molecule has 0 unspecified atom stereocenters. The van der Waals surface area contributed by atoms with Gasteiger partial charge < -0.3 is 5.73 Å². The van der Waals surface area contributed by atoms with Crippen LogP contribution in [0.3, 0.4) is 0 Å². The van der Waals surface area contributed by atoms with Crippen molar-refractivity contribution in [2.24, 2.45) is 5.73 Å². The third-order valence-electron chi connectivity index (χ3n) is 3.56. The van der Waals surface area contributed by atoms with Crippen molar-refractivity contribution in [3.63, 3.8) is 0 Å². The van der Waals surface area contributed by atoms with Crippen molar-refractivity contribution in [2.45, 2.75) is 50.0 Å². The van der Waals surface area contributed by atoms with Gasteiger partial charge in [0.15, 0.2) is 0 Å². The number of aryl methyl sites for hydroxylation is 2. The van der Waals surface area contributed by atoms with E-state index in [4.69, 9.17) is 5.73 Å². The van der Waals surface area contributed by atoms with Crippen LogP contribution in [0.2, 0.25) is 0 Å². The van der Waals surface area contributed by atoms with Gasteiger partial charge in [0.2, 0.25) is 10.0 Å². The molecule has 5 heteroatoms. The predicted molar refractivity (Wildman–Crippen MR) is 76.5 cm³/mol. The monoisotopic (exact) mass is 282 g/mol. The molecule has 19 heavy (non-hydrogen) atoms. The highest BCUT2D eigenvalue weighted by Crippen LogP contribution is 2.25. The Kier molecular flexibility index (Phi) is 3.99. The van der Waals surface area contributed by atoms with Gasteiger partial charge in [-0.25, -0.2) is 13.1 Å². The Balaban J connectivity index is 2.25. The van der Waals surface area contributed by atoms with Gasteiger partial charge in [-0.3, -0.25) is 0 Å². The number of benzene rings is 1. The van der Waals surface area contributed by atoms with Gasteiger partial charge in [0.1, 0.15) is 0 Å². The van der Waals surface area contributed by atoms with Crippen molar-refractivity contribution < 1.29 is 8.42 Å². The van der Waals surface area contributed by atoms with Gasteiger partial charge in [-0.05, 0) is 69.3 Å². The number of sulfonamides is 1. The van der Waals surface area contributed by atoms with Gasteiger partial charge in [-0.1, -0.05) is 6.07 Å². The Morgan fingerprint density at radius 2 is 1.95 bits per heavy atom. The average Bonchev–Trinajstić information content (AvgIpc) is 2.73. The van der Waals surface area contributed by atoms with Crippen molar-refractivity contribution in [3.8, 4) is 0 Å². The normalized spacial score (nSPS) is 15.5. The first kappa shape index (κ1) is 14.5. The molecule has 0 saturated heterocycles. The summed E-state index contributed by atoms with van der Waals surface area (Å²) in [5, 5.41) is 0. The summed E-state index contributed by atoms with van der Waals surface area (Å²) in [7, 11) is -3.47. The quantitative estimate of drug-likeness (QED) is 0.861. The molecule has 1 aliphatic rings. The summed E-state index contributed by atoms with van der Waals surface area (Å²) in [6.07, 6.45) is 3.76. The third-order valence-corrected chi connectivity index (χ3v) is 5.26. The van der Waals surface area contributed by atoms with Crippen molar-refractivity contribution >= 4 is 10.0 Å². The maximum Gasteiger partial charge on any atom is 0.241 e. The fourth-order valence-corrected chi connectivity index (χ4v) is 4.04. The fourth-order valence-electron chi connectivity index (χ4n) is 2.55. The maximum absolute atomic E-state index is 12.4. The van der Waals surface area contributed by atoms with Gasteiger partial charge >= 0.3 is 0 Å². The lowest BCUT2D eigenvalue weighted by molar-refractivity contribution is 0.428. The number of nitrogens with two attached hydrogens (primary N) is 1. The second-order valence-corrected chi connectivity index (χ2v) is 7.49. The molecule has 1 aromatic carbocycles. The van der Waals surface area contributed by atoms with E-state index in [2.05, 4.69) is 4.72 Å². The van der Waals surface area contributed by atoms with Crippen LogP contribution in [0, 0.1) is 0 Å². The van der Waals surface area contributed by atoms with Gasteiger partial charge in [0.05, 0.1) is 4.90 Å². The molecule has 0 spiro atoms. The van der Waals surface area contributed by atoms with Crippen LogP contribution in [0.1, 0.15) is 37.8 Å². The Bertz CT molecular complexity index is 565. The molecule has 0 heterocycles. The Morgan fingerprint density at radius 1 is 1.26 bits per heavy atom. The summed E-state index contributed by atoms with van der Waals surface area (Å²) >= 11 is 0. The van der Waals surface area contributed by atoms with Crippen LogP contribution >= 0.6 is 0 Å². The van der Waals surface area contributed by atoms with Crippen LogP contribution in [-0.4, -0.2) is 20.5 Å². The van der Waals surface area contributed by atoms with Gasteiger partial charge in [-0.2, -0.15) is 0 Å². The van der Waals surface area contributed by atoms with Crippen LogP contribution in [0.15, 0.2) is 23.1 Å². The van der Waals surface area contributed by atoms with E-state index < -0.39 is 15.6 Å². The lowest BCUT2D eigenvalue weighted by atomic mass is 10.0. The number of nitrogens with one attached hydrogen (secondary N) is 1. The molecule has 0 atom stereocenters. The van der Waals surface area contributed by atoms with Crippen molar-refractivity contribution in [1.82, 2.24) is 4.72 Å². The Morgan fingerprint density at radius 3 is 2.63 bits per heavy atom. The summed E-state index contributed by atoms with van der Waals surface area (Å²) in [6, 6.07) is 5.45. The third kappa shape index (κ3) is 3.35. The van der Waals surface area contributed by atoms with E-state index in [9.17, 15) is 8.42 Å². The molecular weight excluding hydrogens is 260 g/mol. The molecule has 4 nitrogen and oxygen atoms in total. The lowest BCUT2D eigenvalue weighted by Gasteiger charge is -2.25. The number of hydrogen-bond donors (Lipinski definition) is 2. The lowest BCUT2D eigenvalue weighted by Crippen LogP contribution is -2.44. The standard InChI is InChI=1S/C14H22N2O2S/c1-14(2,8-9-15)16-19(17,18)13-7-6-11-4-3-5-12(11)10-13/h6-7,10,16H,3-5,8-9,15H2,1-2H3. The second-order valence-electron chi connectivity index (χ2n) is 5.81. The highest BCUT2D eigenvalue weighted by atomic mass is 32.2. The van der Waals surface area contributed by atoms with Crippen LogP contribution in [-0.2, 0) is 22.9 Å². The molecule has 106 valence electrons. The molecule has 0 aliphatic heterocycles. The van der Waals surface area contributed by atoms with Crippen molar-refractivity contribution in [1.29, 1.82) is 0 Å². The molecular formula is C14H22N2O2S. The maximum atomic E-state index is 12.4. The van der Waals surface area contributed by atoms with Gasteiger partial charge in [-0.15, -0.1) is 0 Å². The summed E-state index contributed by atoms with van der Waals surface area (Å²) < 4.78 is 27.5. The minimum Gasteiger partial charge on any atom is -0.330 e. The van der Waals surface area contributed by atoms with Crippen molar-refractivity contribution in [2.75, 3.05) is 6.54 Å². The molecule has 0 bridgehead atoms. The average molecular weight is 282 g/mol. The van der Waals surface area contributed by atoms with E-state index >= 15 is 0 Å². The van der Waals surface area contributed by atoms with Crippen LogP contribution in [0.4, 0.5) is 0 Å². The van der Waals surface area contributed by atoms with Crippen LogP contribution in [0.5, 0.6) is 0 Å². The molecule has 0 amide bonds. The van der Waals surface area contributed by atoms with Crippen LogP contribution < -0.4 is 10.5 Å². The van der Waals surface area contributed by atoms with Crippen LogP contribution in [0.25, 0.3) is 0 Å². The minimum atomic E-state index is -3.47. The van der Waals surface area contributed by atoms with E-state index in [1.165, 1.54) is 11.1 Å². The predicted octanol–water partition coefficient (Wildman–Crippen LogP) is 1.58. The fraction of sp³-hybridized carbons (Fsp3) is 0.571. The second kappa shape index (κ2) is 5.23. The van der Waals surface area contributed by atoms with E-state index in [0.29, 0.717) is 17.9 Å². The van der Waals surface area contributed by atoms with E-state index in [-0.39, 0.29) is 0 Å². The summed E-state index contributed by atoms with van der Waals surface area (Å²) in [5.74, 6) is 0. The van der Waals surface area contributed by atoms with E-state index in [0.717, 1.165) is 19.3 Å². The van der Waals surface area contributed by atoms with Gasteiger partial charge in [0.25, 0.3) is 0 Å². The van der Waals surface area contributed by atoms with Crippen molar-refractivity contribution in [3.05, 3.63) is 29.3 Å². The highest BCUT2D eigenvalue weighted by molar-refractivity contribution is 7.89. The summed E-state index contributed by atoms with van der Waals surface area (Å²) in [5.41, 5.74) is 7.43. The summed E-state index contributed by atoms with van der Waals surface area (Å²) in [4.78, 5) is 0.359. The number of hydrogen-bond acceptors (Lipinski definition) is 3. The Hall–Kier alpha value is -0.910. The first-order valence-corrected chi connectivity index (χ1v) is 8.18. The smallest absolute Gasteiger partial charge is 0.241 e. The molecule has 0 aromatic heterocycles. The first-order valence-electron chi connectivity index (χ1n) is 6.70. The molecule has 1 aromatic rings. The SMILES string of the molecule is CC(C)(CCN)NS(=O)(=O)c1ccc2c(c1)CCC2. The highest BCUT2D eigenvalue weighted by Gasteiger charge is 2.26. The number of rotatable bonds is 5. The molecule has 1 aliphatic carbocycles. The van der Waals surface area contributed by atoms with E-state index in [1.807, 2.05) is 26.0 Å². The topological polar surface area (TPSA) is 72.2 Å². The molecule has 2 rings (SSSR count). The molecule has 0 fully saturated rings. The molecule has 0 radical (unpaired) electrons. The number of fused-ring (bicyclic) bond motifs is 1. The zero-order chi connectivity index (χ0) is 14.1. The zero-order valence-corrected chi connectivity index (χ0v) is 12.4. The molecule has 3 N–H and O–H groups in total. The Labute approximate surface area is 115 Å². The van der Waals surface area contributed by atoms with E-state index in [1.54, 1.807) is 6.07 Å². The van der Waals surface area contributed by atoms with Gasteiger partial charge in [0, 0.05) is 5.54 Å².